The summed E-state index contributed by atoms with van der Waals surface area (Å²) in [5, 5.41) is 7.88. The zero-order valence-corrected chi connectivity index (χ0v) is 14.7. The lowest BCUT2D eigenvalue weighted by molar-refractivity contribution is -0.137. The number of aromatic nitrogens is 3. The molecule has 5 nitrogen and oxygen atoms in total. The van der Waals surface area contributed by atoms with Crippen molar-refractivity contribution >= 4 is 29.1 Å². The van der Waals surface area contributed by atoms with Gasteiger partial charge >= 0.3 is 12.1 Å². The zero-order chi connectivity index (χ0) is 18.6. The first-order valence-electron chi connectivity index (χ1n) is 7.33. The minimum Gasteiger partial charge on any atom is -0.452 e. The lowest BCUT2D eigenvalue weighted by Crippen LogP contribution is -2.13. The van der Waals surface area contributed by atoms with Crippen LogP contribution in [0.1, 0.15) is 26.9 Å². The van der Waals surface area contributed by atoms with E-state index in [-0.39, 0.29) is 4.88 Å². The second-order valence-corrected chi connectivity index (χ2v) is 7.02. The van der Waals surface area contributed by atoms with E-state index >= 15 is 0 Å². The number of aromatic amines is 1. The zero-order valence-electron chi connectivity index (χ0n) is 13.1. The minimum atomic E-state index is -4.49. The standard InChI is InChI=1S/C16H12F3N3O2S2/c17-16(18,19)11-6-13(25-7-11)14(23)24-12(10-4-2-1-3-5-10)8-26-15-20-9-21-22-15/h1-7,9,12H,8H2,(H,20,21,22). The van der Waals surface area contributed by atoms with Crippen molar-refractivity contribution in [2.45, 2.75) is 17.4 Å². The molecular weight excluding hydrogens is 387 g/mol. The Morgan fingerprint density at radius 2 is 2.08 bits per heavy atom. The maximum Gasteiger partial charge on any atom is 0.417 e. The second kappa shape index (κ2) is 7.92. The lowest BCUT2D eigenvalue weighted by Gasteiger charge is -2.17. The van der Waals surface area contributed by atoms with Gasteiger partial charge in [-0.1, -0.05) is 42.1 Å². The molecule has 2 heterocycles. The van der Waals surface area contributed by atoms with Crippen LogP contribution < -0.4 is 0 Å². The minimum absolute atomic E-state index is 0.0945. The fourth-order valence-corrected chi connectivity index (χ4v) is 3.67. The number of carbonyl (C=O) groups excluding carboxylic acids is 1. The van der Waals surface area contributed by atoms with E-state index in [4.69, 9.17) is 4.74 Å². The van der Waals surface area contributed by atoms with Gasteiger partial charge in [0.05, 0.1) is 5.56 Å². The molecule has 2 aromatic heterocycles. The number of halogens is 3. The monoisotopic (exact) mass is 399 g/mol. The average molecular weight is 399 g/mol. The van der Waals surface area contributed by atoms with E-state index in [1.54, 1.807) is 24.3 Å². The fourth-order valence-electron chi connectivity index (χ4n) is 2.06. The topological polar surface area (TPSA) is 67.9 Å². The molecule has 0 fully saturated rings. The van der Waals surface area contributed by atoms with E-state index in [2.05, 4.69) is 15.2 Å². The molecule has 1 N–H and O–H groups in total. The SMILES string of the molecule is O=C(OC(CSc1ncn[nH]1)c1ccccc1)c1cc(C(F)(F)F)cs1. The first-order valence-corrected chi connectivity index (χ1v) is 9.20. The van der Waals surface area contributed by atoms with Gasteiger partial charge in [-0.2, -0.15) is 18.3 Å². The van der Waals surface area contributed by atoms with E-state index in [0.29, 0.717) is 22.2 Å². The van der Waals surface area contributed by atoms with Gasteiger partial charge in [0.1, 0.15) is 17.3 Å². The van der Waals surface area contributed by atoms with Crippen LogP contribution in [-0.2, 0) is 10.9 Å². The molecular formula is C16H12F3N3O2S2. The van der Waals surface area contributed by atoms with Crippen molar-refractivity contribution in [2.75, 3.05) is 5.75 Å². The van der Waals surface area contributed by atoms with Gasteiger partial charge < -0.3 is 4.74 Å². The van der Waals surface area contributed by atoms with E-state index in [0.717, 1.165) is 17.0 Å². The van der Waals surface area contributed by atoms with Crippen LogP contribution in [0.3, 0.4) is 0 Å². The molecule has 0 saturated carbocycles. The van der Waals surface area contributed by atoms with Gasteiger partial charge in [-0.15, -0.1) is 11.3 Å². The summed E-state index contributed by atoms with van der Waals surface area (Å²) in [7, 11) is 0. The summed E-state index contributed by atoms with van der Waals surface area (Å²) in [5.74, 6) is -0.458. The van der Waals surface area contributed by atoms with E-state index in [1.807, 2.05) is 6.07 Å². The third-order valence-corrected chi connectivity index (χ3v) is 5.16. The summed E-state index contributed by atoms with van der Waals surface area (Å²) >= 11 is 2.00. The van der Waals surface area contributed by atoms with Crippen LogP contribution in [0.15, 0.2) is 53.3 Å². The quantitative estimate of drug-likeness (QED) is 0.486. The molecule has 3 aromatic rings. The molecule has 1 unspecified atom stereocenters. The highest BCUT2D eigenvalue weighted by Gasteiger charge is 2.33. The smallest absolute Gasteiger partial charge is 0.417 e. The Bertz CT molecular complexity index is 851. The van der Waals surface area contributed by atoms with Crippen molar-refractivity contribution < 1.29 is 22.7 Å². The van der Waals surface area contributed by atoms with Gasteiger partial charge in [0.2, 0.25) is 0 Å². The number of nitrogens with one attached hydrogen (secondary N) is 1. The van der Waals surface area contributed by atoms with Crippen molar-refractivity contribution in [3.05, 3.63) is 64.1 Å². The van der Waals surface area contributed by atoms with Crippen LogP contribution >= 0.6 is 23.1 Å². The molecule has 3 rings (SSSR count). The number of alkyl halides is 3. The predicted octanol–water partition coefficient (Wildman–Crippen LogP) is 4.58. The van der Waals surface area contributed by atoms with E-state index < -0.39 is 23.8 Å². The molecule has 0 bridgehead atoms. The van der Waals surface area contributed by atoms with Gasteiger partial charge in [-0.05, 0) is 11.6 Å². The van der Waals surface area contributed by atoms with Crippen molar-refractivity contribution in [1.82, 2.24) is 15.2 Å². The molecule has 0 radical (unpaired) electrons. The highest BCUT2D eigenvalue weighted by atomic mass is 32.2. The molecule has 0 amide bonds. The summed E-state index contributed by atoms with van der Waals surface area (Å²) < 4.78 is 43.6. The van der Waals surface area contributed by atoms with Crippen molar-refractivity contribution in [2.24, 2.45) is 0 Å². The molecule has 10 heteroatoms. The highest BCUT2D eigenvalue weighted by molar-refractivity contribution is 7.99. The van der Waals surface area contributed by atoms with Crippen molar-refractivity contribution in [3.8, 4) is 0 Å². The number of hydrogen-bond acceptors (Lipinski definition) is 6. The molecule has 0 spiro atoms. The Labute approximate surface area is 154 Å². The number of thioether (sulfide) groups is 1. The van der Waals surface area contributed by atoms with Gasteiger partial charge in [-0.25, -0.2) is 9.78 Å². The highest BCUT2D eigenvalue weighted by Crippen LogP contribution is 2.34. The molecule has 26 heavy (non-hydrogen) atoms. The Balaban J connectivity index is 1.74. The van der Waals surface area contributed by atoms with Gasteiger partial charge in [0.25, 0.3) is 0 Å². The van der Waals surface area contributed by atoms with E-state index in [1.165, 1.54) is 18.1 Å². The Kier molecular flexibility index (Phi) is 5.62. The first-order chi connectivity index (χ1) is 12.4. The summed E-state index contributed by atoms with van der Waals surface area (Å²) in [6, 6.07) is 9.78. The van der Waals surface area contributed by atoms with Crippen LogP contribution in [0.2, 0.25) is 0 Å². The third-order valence-electron chi connectivity index (χ3n) is 3.31. The number of thiophene rings is 1. The van der Waals surface area contributed by atoms with Gasteiger partial charge in [0.15, 0.2) is 5.16 Å². The molecule has 0 saturated heterocycles. The number of ether oxygens (including phenoxy) is 1. The van der Waals surface area contributed by atoms with Crippen LogP contribution in [0, 0.1) is 0 Å². The molecule has 136 valence electrons. The third kappa shape index (κ3) is 4.64. The van der Waals surface area contributed by atoms with Crippen LogP contribution in [0.4, 0.5) is 13.2 Å². The second-order valence-electron chi connectivity index (χ2n) is 5.10. The Hall–Kier alpha value is -2.33. The Morgan fingerprint density at radius 3 is 2.69 bits per heavy atom. The molecule has 1 atom stereocenters. The largest absolute Gasteiger partial charge is 0.452 e. The maximum absolute atomic E-state index is 12.7. The van der Waals surface area contributed by atoms with Crippen molar-refractivity contribution in [1.29, 1.82) is 0 Å². The number of H-pyrrole nitrogens is 1. The number of carbonyl (C=O) groups is 1. The number of benzene rings is 1. The molecule has 0 aliphatic carbocycles. The van der Waals surface area contributed by atoms with Gasteiger partial charge in [-0.3, -0.25) is 5.10 Å². The summed E-state index contributed by atoms with van der Waals surface area (Å²) in [6.45, 7) is 0. The molecule has 0 aliphatic heterocycles. The Morgan fingerprint density at radius 1 is 1.31 bits per heavy atom. The number of rotatable bonds is 6. The van der Waals surface area contributed by atoms with E-state index in [9.17, 15) is 18.0 Å². The van der Waals surface area contributed by atoms with Crippen LogP contribution in [0.25, 0.3) is 0 Å². The lowest BCUT2D eigenvalue weighted by atomic mass is 10.1. The number of esters is 1. The summed E-state index contributed by atoms with van der Waals surface area (Å²) in [6.07, 6.45) is -3.78. The first kappa shape index (κ1) is 18.5. The summed E-state index contributed by atoms with van der Waals surface area (Å²) in [4.78, 5) is 16.2. The number of nitrogens with zero attached hydrogens (tertiary/aromatic N) is 2. The van der Waals surface area contributed by atoms with Crippen LogP contribution in [0.5, 0.6) is 0 Å². The average Bonchev–Trinajstić information content (AvgIpc) is 3.30. The molecule has 1 aromatic carbocycles. The van der Waals surface area contributed by atoms with Crippen molar-refractivity contribution in [3.63, 3.8) is 0 Å². The predicted molar refractivity (Wildman–Crippen MR) is 91.0 cm³/mol. The number of hydrogen-bond donors (Lipinski definition) is 1. The fraction of sp³-hybridized carbons (Fsp3) is 0.188. The normalized spacial score (nSPS) is 12.7. The summed E-state index contributed by atoms with van der Waals surface area (Å²) in [5.41, 5.74) is -0.123. The van der Waals surface area contributed by atoms with Crippen LogP contribution in [-0.4, -0.2) is 26.9 Å². The molecule has 0 aliphatic rings. The van der Waals surface area contributed by atoms with Gasteiger partial charge in [0, 0.05) is 11.1 Å². The maximum atomic E-state index is 12.7.